The first-order chi connectivity index (χ1) is 11.1. The second-order valence-electron chi connectivity index (χ2n) is 5.46. The van der Waals surface area contributed by atoms with Gasteiger partial charge in [0.1, 0.15) is 0 Å². The van der Waals surface area contributed by atoms with Gasteiger partial charge >= 0.3 is 5.97 Å². The zero-order valence-electron chi connectivity index (χ0n) is 12.5. The van der Waals surface area contributed by atoms with Crippen molar-refractivity contribution < 1.29 is 14.7 Å². The largest absolute Gasteiger partial charge is 0.478 e. The van der Waals surface area contributed by atoms with Gasteiger partial charge in [-0.25, -0.2) is 4.79 Å². The number of aryl methyl sites for hydroxylation is 1. The Morgan fingerprint density at radius 2 is 2.22 bits per heavy atom. The van der Waals surface area contributed by atoms with Crippen LogP contribution in [0.5, 0.6) is 0 Å². The molecule has 1 aromatic heterocycles. The zero-order valence-corrected chi connectivity index (χ0v) is 12.5. The quantitative estimate of drug-likeness (QED) is 0.739. The van der Waals surface area contributed by atoms with Crippen molar-refractivity contribution in [2.75, 3.05) is 5.32 Å². The number of amides is 1. The molecule has 0 saturated carbocycles. The Morgan fingerprint density at radius 1 is 1.35 bits per heavy atom. The predicted molar refractivity (Wildman–Crippen MR) is 86.1 cm³/mol. The molecule has 1 heterocycles. The van der Waals surface area contributed by atoms with Gasteiger partial charge in [0.2, 0.25) is 5.91 Å². The Bertz CT molecular complexity index is 777. The highest BCUT2D eigenvalue weighted by molar-refractivity contribution is 5.93. The molecule has 0 spiro atoms. The number of carboxylic acid groups (broad SMARTS) is 1. The number of anilines is 1. The van der Waals surface area contributed by atoms with Gasteiger partial charge in [-0.1, -0.05) is 18.2 Å². The number of hydrogen-bond donors (Lipinski definition) is 3. The first-order valence-electron chi connectivity index (χ1n) is 7.49. The van der Waals surface area contributed by atoms with E-state index in [1.807, 2.05) is 18.2 Å². The van der Waals surface area contributed by atoms with Crippen molar-refractivity contribution in [1.29, 1.82) is 0 Å². The number of nitrogens with zero attached hydrogens (tertiary/aromatic N) is 1. The van der Waals surface area contributed by atoms with Crippen LogP contribution in [0.2, 0.25) is 0 Å². The number of aromatic amines is 1. The summed E-state index contributed by atoms with van der Waals surface area (Å²) in [7, 11) is 0. The smallest absolute Gasteiger partial charge is 0.327 e. The molecule has 6 nitrogen and oxygen atoms in total. The van der Waals surface area contributed by atoms with Crippen LogP contribution in [-0.2, 0) is 22.4 Å². The minimum absolute atomic E-state index is 0.0222. The van der Waals surface area contributed by atoms with Gasteiger partial charge in [-0.15, -0.1) is 0 Å². The molecule has 118 valence electrons. The maximum Gasteiger partial charge on any atom is 0.327 e. The Balaban J connectivity index is 1.72. The summed E-state index contributed by atoms with van der Waals surface area (Å²) >= 11 is 0. The van der Waals surface area contributed by atoms with Crippen molar-refractivity contribution in [1.82, 2.24) is 10.2 Å². The van der Waals surface area contributed by atoms with Crippen molar-refractivity contribution in [3.05, 3.63) is 47.7 Å². The third kappa shape index (κ3) is 3.48. The van der Waals surface area contributed by atoms with Crippen LogP contribution in [0.3, 0.4) is 0 Å². The highest BCUT2D eigenvalue weighted by Gasteiger charge is 2.19. The molecule has 0 radical (unpaired) electrons. The van der Waals surface area contributed by atoms with E-state index < -0.39 is 5.97 Å². The molecule has 3 N–H and O–H groups in total. The number of carbonyl (C=O) groups is 2. The summed E-state index contributed by atoms with van der Waals surface area (Å²) in [4.78, 5) is 22.2. The van der Waals surface area contributed by atoms with Crippen molar-refractivity contribution in [2.45, 2.75) is 25.7 Å². The van der Waals surface area contributed by atoms with Crippen LogP contribution in [-0.4, -0.2) is 27.2 Å². The summed E-state index contributed by atoms with van der Waals surface area (Å²) in [6, 6.07) is 7.52. The van der Waals surface area contributed by atoms with Gasteiger partial charge in [-0.2, -0.15) is 5.10 Å². The minimum Gasteiger partial charge on any atom is -0.478 e. The standard InChI is InChI=1S/C17H17N3O3/c21-15(8-3-9-16(22)23)18-12-5-1-4-11(10-12)17-13-6-2-7-14(13)19-20-17/h1,3-5,9-10H,2,6-8H2,(H,18,21)(H,19,20)(H,22,23)/b9-3+. The Labute approximate surface area is 133 Å². The number of nitrogens with one attached hydrogen (secondary N) is 2. The van der Waals surface area contributed by atoms with E-state index in [-0.39, 0.29) is 12.3 Å². The zero-order chi connectivity index (χ0) is 16.2. The third-order valence-corrected chi connectivity index (χ3v) is 3.79. The monoisotopic (exact) mass is 311 g/mol. The van der Waals surface area contributed by atoms with E-state index in [4.69, 9.17) is 5.11 Å². The molecule has 0 bridgehead atoms. The number of hydrogen-bond acceptors (Lipinski definition) is 3. The molecular weight excluding hydrogens is 294 g/mol. The van der Waals surface area contributed by atoms with E-state index in [2.05, 4.69) is 15.5 Å². The summed E-state index contributed by atoms with van der Waals surface area (Å²) in [6.07, 6.45) is 5.51. The van der Waals surface area contributed by atoms with Crippen LogP contribution >= 0.6 is 0 Å². The van der Waals surface area contributed by atoms with Crippen molar-refractivity contribution in [2.24, 2.45) is 0 Å². The lowest BCUT2D eigenvalue weighted by Crippen LogP contribution is -2.10. The van der Waals surface area contributed by atoms with Crippen LogP contribution in [0.4, 0.5) is 5.69 Å². The fourth-order valence-electron chi connectivity index (χ4n) is 2.78. The molecule has 0 atom stereocenters. The van der Waals surface area contributed by atoms with E-state index in [1.54, 1.807) is 6.07 Å². The van der Waals surface area contributed by atoms with Gasteiger partial charge in [-0.3, -0.25) is 9.89 Å². The first kappa shape index (κ1) is 15.0. The Hall–Kier alpha value is -2.89. The topological polar surface area (TPSA) is 95.1 Å². The molecule has 1 amide bonds. The number of rotatable bonds is 5. The summed E-state index contributed by atoms with van der Waals surface area (Å²) in [5.74, 6) is -1.32. The van der Waals surface area contributed by atoms with Crippen LogP contribution in [0.15, 0.2) is 36.4 Å². The van der Waals surface area contributed by atoms with Crippen LogP contribution in [0.1, 0.15) is 24.1 Å². The van der Waals surface area contributed by atoms with Crippen molar-refractivity contribution >= 4 is 17.6 Å². The maximum atomic E-state index is 11.8. The summed E-state index contributed by atoms with van der Waals surface area (Å²) in [6.45, 7) is 0. The number of carbonyl (C=O) groups excluding carboxylic acids is 1. The molecule has 1 aliphatic carbocycles. The highest BCUT2D eigenvalue weighted by atomic mass is 16.4. The fraction of sp³-hybridized carbons (Fsp3) is 0.235. The number of fused-ring (bicyclic) bond motifs is 1. The fourth-order valence-corrected chi connectivity index (χ4v) is 2.78. The first-order valence-corrected chi connectivity index (χ1v) is 7.49. The molecule has 0 unspecified atom stereocenters. The lowest BCUT2D eigenvalue weighted by Gasteiger charge is -2.06. The lowest BCUT2D eigenvalue weighted by molar-refractivity contribution is -0.131. The molecule has 2 aromatic rings. The molecule has 1 aromatic carbocycles. The van der Waals surface area contributed by atoms with Gasteiger partial charge < -0.3 is 10.4 Å². The summed E-state index contributed by atoms with van der Waals surface area (Å²) < 4.78 is 0. The Morgan fingerprint density at radius 3 is 3.04 bits per heavy atom. The molecule has 0 aliphatic heterocycles. The SMILES string of the molecule is O=C(O)/C=C/CC(=O)Nc1cccc(-c2n[nH]c3c2CCC3)c1. The second kappa shape index (κ2) is 6.48. The lowest BCUT2D eigenvalue weighted by atomic mass is 10.1. The number of H-pyrrole nitrogens is 1. The van der Waals surface area contributed by atoms with E-state index in [0.717, 1.165) is 36.6 Å². The molecule has 6 heteroatoms. The second-order valence-corrected chi connectivity index (χ2v) is 5.46. The van der Waals surface area contributed by atoms with Gasteiger partial charge in [0.25, 0.3) is 0 Å². The molecule has 0 saturated heterocycles. The van der Waals surface area contributed by atoms with Crippen LogP contribution in [0.25, 0.3) is 11.3 Å². The summed E-state index contributed by atoms with van der Waals surface area (Å²) in [5, 5.41) is 18.7. The molecule has 23 heavy (non-hydrogen) atoms. The predicted octanol–water partition coefficient (Wildman–Crippen LogP) is 2.53. The van der Waals surface area contributed by atoms with Gasteiger partial charge in [0.05, 0.1) is 5.69 Å². The number of benzene rings is 1. The molecule has 1 aliphatic rings. The molecule has 3 rings (SSSR count). The van der Waals surface area contributed by atoms with Crippen LogP contribution < -0.4 is 5.32 Å². The van der Waals surface area contributed by atoms with Gasteiger partial charge in [0.15, 0.2) is 0 Å². The number of aromatic nitrogens is 2. The minimum atomic E-state index is -1.06. The normalized spacial score (nSPS) is 13.2. The maximum absolute atomic E-state index is 11.8. The molecular formula is C17H17N3O3. The average Bonchev–Trinajstić information content (AvgIpc) is 3.09. The number of carboxylic acids is 1. The van der Waals surface area contributed by atoms with E-state index in [9.17, 15) is 9.59 Å². The highest BCUT2D eigenvalue weighted by Crippen LogP contribution is 2.31. The summed E-state index contributed by atoms with van der Waals surface area (Å²) in [5.41, 5.74) is 5.04. The van der Waals surface area contributed by atoms with Crippen molar-refractivity contribution in [3.63, 3.8) is 0 Å². The van der Waals surface area contributed by atoms with Crippen molar-refractivity contribution in [3.8, 4) is 11.3 Å². The third-order valence-electron chi connectivity index (χ3n) is 3.79. The Kier molecular flexibility index (Phi) is 4.23. The van der Waals surface area contributed by atoms with Gasteiger partial charge in [0, 0.05) is 35.0 Å². The van der Waals surface area contributed by atoms with E-state index >= 15 is 0 Å². The number of aliphatic carboxylic acids is 1. The van der Waals surface area contributed by atoms with E-state index in [1.165, 1.54) is 17.3 Å². The average molecular weight is 311 g/mol. The van der Waals surface area contributed by atoms with Gasteiger partial charge in [-0.05, 0) is 31.4 Å². The molecule has 0 fully saturated rings. The van der Waals surface area contributed by atoms with Crippen LogP contribution in [0, 0.1) is 0 Å². The van der Waals surface area contributed by atoms with E-state index in [0.29, 0.717) is 5.69 Å².